The largest absolute Gasteiger partial charge is 0.331 e. The molecule has 96 valence electrons. The fourth-order valence-electron chi connectivity index (χ4n) is 2.36. The van der Waals surface area contributed by atoms with Gasteiger partial charge in [0.05, 0.1) is 5.52 Å². The molecule has 1 aromatic carbocycles. The molecule has 19 heavy (non-hydrogen) atoms. The molecule has 3 aromatic rings. The van der Waals surface area contributed by atoms with Crippen LogP contribution in [0.15, 0.2) is 48.9 Å². The molecule has 0 fully saturated rings. The topological polar surface area (TPSA) is 30.7 Å². The molecule has 0 saturated heterocycles. The SMILES string of the molecule is CCCc1nccn1Cc1ccc2ncccc2c1. The van der Waals surface area contributed by atoms with Gasteiger partial charge in [-0.05, 0) is 30.2 Å². The number of fused-ring (bicyclic) bond motifs is 1. The first kappa shape index (κ1) is 11.9. The van der Waals surface area contributed by atoms with E-state index in [4.69, 9.17) is 0 Å². The number of benzene rings is 1. The highest BCUT2D eigenvalue weighted by Crippen LogP contribution is 2.15. The Morgan fingerprint density at radius 2 is 2.05 bits per heavy atom. The minimum Gasteiger partial charge on any atom is -0.331 e. The van der Waals surface area contributed by atoms with Crippen LogP contribution in [0.25, 0.3) is 10.9 Å². The van der Waals surface area contributed by atoms with E-state index >= 15 is 0 Å². The zero-order valence-electron chi connectivity index (χ0n) is 11.1. The number of hydrogen-bond donors (Lipinski definition) is 0. The number of rotatable bonds is 4. The fraction of sp³-hybridized carbons (Fsp3) is 0.250. The number of aryl methyl sites for hydroxylation is 1. The molecule has 0 aliphatic rings. The molecule has 3 heteroatoms. The van der Waals surface area contributed by atoms with Crippen molar-refractivity contribution in [1.82, 2.24) is 14.5 Å². The van der Waals surface area contributed by atoms with Crippen LogP contribution >= 0.6 is 0 Å². The van der Waals surface area contributed by atoms with Crippen molar-refractivity contribution in [1.29, 1.82) is 0 Å². The van der Waals surface area contributed by atoms with Crippen LogP contribution in [0, 0.1) is 0 Å². The van der Waals surface area contributed by atoms with Crippen molar-refractivity contribution in [2.24, 2.45) is 0 Å². The van der Waals surface area contributed by atoms with E-state index in [2.05, 4.69) is 51.9 Å². The van der Waals surface area contributed by atoms with Crippen molar-refractivity contribution < 1.29 is 0 Å². The summed E-state index contributed by atoms with van der Waals surface area (Å²) in [6.45, 7) is 3.06. The van der Waals surface area contributed by atoms with Gasteiger partial charge < -0.3 is 4.57 Å². The average Bonchev–Trinajstić information content (AvgIpc) is 2.86. The summed E-state index contributed by atoms with van der Waals surface area (Å²) in [6.07, 6.45) is 7.92. The van der Waals surface area contributed by atoms with Crippen LogP contribution in [0.1, 0.15) is 24.7 Å². The molecule has 3 nitrogen and oxygen atoms in total. The average molecular weight is 251 g/mol. The molecule has 3 rings (SSSR count). The van der Waals surface area contributed by atoms with Gasteiger partial charge in [0.25, 0.3) is 0 Å². The maximum absolute atomic E-state index is 4.42. The summed E-state index contributed by atoms with van der Waals surface area (Å²) in [4.78, 5) is 8.76. The van der Waals surface area contributed by atoms with Crippen molar-refractivity contribution >= 4 is 10.9 Å². The first-order chi connectivity index (χ1) is 9.36. The van der Waals surface area contributed by atoms with Crippen LogP contribution < -0.4 is 0 Å². The van der Waals surface area contributed by atoms with Gasteiger partial charge >= 0.3 is 0 Å². The van der Waals surface area contributed by atoms with Gasteiger partial charge in [-0.2, -0.15) is 0 Å². The van der Waals surface area contributed by atoms with E-state index in [-0.39, 0.29) is 0 Å². The standard InChI is InChI=1S/C16H17N3/c1-2-4-16-18-9-10-19(16)12-13-6-7-15-14(11-13)5-3-8-17-15/h3,5-11H,2,4,12H2,1H3. The second-order valence-corrected chi connectivity index (χ2v) is 4.75. The fourth-order valence-corrected chi connectivity index (χ4v) is 2.36. The normalized spacial score (nSPS) is 11.0. The second kappa shape index (κ2) is 5.22. The van der Waals surface area contributed by atoms with E-state index in [0.29, 0.717) is 0 Å². The maximum atomic E-state index is 4.42. The van der Waals surface area contributed by atoms with E-state index in [1.807, 2.05) is 18.5 Å². The molecule has 0 amide bonds. The van der Waals surface area contributed by atoms with Crippen molar-refractivity contribution in [2.75, 3.05) is 0 Å². The zero-order chi connectivity index (χ0) is 13.1. The lowest BCUT2D eigenvalue weighted by Gasteiger charge is -2.08. The molecular weight excluding hydrogens is 234 g/mol. The van der Waals surface area contributed by atoms with Crippen LogP contribution in [0.5, 0.6) is 0 Å². The smallest absolute Gasteiger partial charge is 0.108 e. The molecule has 0 unspecified atom stereocenters. The van der Waals surface area contributed by atoms with Gasteiger partial charge in [-0.15, -0.1) is 0 Å². The van der Waals surface area contributed by atoms with Crippen molar-refractivity contribution in [2.45, 2.75) is 26.3 Å². The Bertz CT molecular complexity index is 685. The quantitative estimate of drug-likeness (QED) is 0.711. The lowest BCUT2D eigenvalue weighted by atomic mass is 10.1. The van der Waals surface area contributed by atoms with Crippen LogP contribution in [0.3, 0.4) is 0 Å². The Kier molecular flexibility index (Phi) is 3.27. The molecule has 0 spiro atoms. The molecule has 2 heterocycles. The van der Waals surface area contributed by atoms with E-state index in [0.717, 1.165) is 30.7 Å². The first-order valence-corrected chi connectivity index (χ1v) is 6.70. The van der Waals surface area contributed by atoms with Crippen molar-refractivity contribution in [3.05, 3.63) is 60.3 Å². The highest BCUT2D eigenvalue weighted by atomic mass is 15.1. The Morgan fingerprint density at radius 3 is 2.95 bits per heavy atom. The molecular formula is C16H17N3. The van der Waals surface area contributed by atoms with Crippen LogP contribution in [0.2, 0.25) is 0 Å². The van der Waals surface area contributed by atoms with Gasteiger partial charge in [-0.1, -0.05) is 19.1 Å². The number of hydrogen-bond acceptors (Lipinski definition) is 2. The number of imidazole rings is 1. The monoisotopic (exact) mass is 251 g/mol. The van der Waals surface area contributed by atoms with Gasteiger partial charge in [0.1, 0.15) is 5.82 Å². The van der Waals surface area contributed by atoms with E-state index < -0.39 is 0 Å². The van der Waals surface area contributed by atoms with E-state index in [1.165, 1.54) is 10.9 Å². The summed E-state index contributed by atoms with van der Waals surface area (Å²) in [5.74, 6) is 1.16. The second-order valence-electron chi connectivity index (χ2n) is 4.75. The molecule has 0 atom stereocenters. The molecule has 0 bridgehead atoms. The summed E-state index contributed by atoms with van der Waals surface area (Å²) >= 11 is 0. The molecule has 0 N–H and O–H groups in total. The predicted octanol–water partition coefficient (Wildman–Crippen LogP) is 3.43. The molecule has 0 aliphatic carbocycles. The summed E-state index contributed by atoms with van der Waals surface area (Å²) in [5, 5.41) is 1.19. The highest BCUT2D eigenvalue weighted by molar-refractivity contribution is 5.78. The lowest BCUT2D eigenvalue weighted by molar-refractivity contribution is 0.705. The number of nitrogens with zero attached hydrogens (tertiary/aromatic N) is 3. The van der Waals surface area contributed by atoms with Gasteiger partial charge in [-0.25, -0.2) is 4.98 Å². The highest BCUT2D eigenvalue weighted by Gasteiger charge is 2.03. The molecule has 0 saturated carbocycles. The Labute approximate surface area is 112 Å². The van der Waals surface area contributed by atoms with Gasteiger partial charge in [0.2, 0.25) is 0 Å². The van der Waals surface area contributed by atoms with Crippen LogP contribution in [-0.4, -0.2) is 14.5 Å². The Balaban J connectivity index is 1.90. The number of pyridine rings is 1. The van der Waals surface area contributed by atoms with Crippen LogP contribution in [-0.2, 0) is 13.0 Å². The van der Waals surface area contributed by atoms with Crippen LogP contribution in [0.4, 0.5) is 0 Å². The van der Waals surface area contributed by atoms with Gasteiger partial charge in [-0.3, -0.25) is 4.98 Å². The third-order valence-electron chi connectivity index (χ3n) is 3.30. The third-order valence-corrected chi connectivity index (χ3v) is 3.30. The minimum absolute atomic E-state index is 0.875. The number of aromatic nitrogens is 3. The molecule has 0 radical (unpaired) electrons. The lowest BCUT2D eigenvalue weighted by Crippen LogP contribution is -2.04. The molecule has 2 aromatic heterocycles. The van der Waals surface area contributed by atoms with E-state index in [1.54, 1.807) is 0 Å². The van der Waals surface area contributed by atoms with E-state index in [9.17, 15) is 0 Å². The summed E-state index contributed by atoms with van der Waals surface area (Å²) in [6, 6.07) is 10.5. The van der Waals surface area contributed by atoms with Crippen molar-refractivity contribution in [3.8, 4) is 0 Å². The summed E-state index contributed by atoms with van der Waals surface area (Å²) in [5.41, 5.74) is 2.33. The van der Waals surface area contributed by atoms with Gasteiger partial charge in [0.15, 0.2) is 0 Å². The Morgan fingerprint density at radius 1 is 1.11 bits per heavy atom. The summed E-state index contributed by atoms with van der Waals surface area (Å²) < 4.78 is 2.22. The first-order valence-electron chi connectivity index (χ1n) is 6.70. The van der Waals surface area contributed by atoms with Crippen molar-refractivity contribution in [3.63, 3.8) is 0 Å². The van der Waals surface area contributed by atoms with Gasteiger partial charge in [0, 0.05) is 36.9 Å². The predicted molar refractivity (Wildman–Crippen MR) is 77.1 cm³/mol. The maximum Gasteiger partial charge on any atom is 0.108 e. The third kappa shape index (κ3) is 2.50. The zero-order valence-corrected chi connectivity index (χ0v) is 11.1. The minimum atomic E-state index is 0.875. The summed E-state index contributed by atoms with van der Waals surface area (Å²) in [7, 11) is 0. The Hall–Kier alpha value is -2.16. The molecule has 0 aliphatic heterocycles.